The quantitative estimate of drug-likeness (QED) is 0.548. The first-order valence-corrected chi connectivity index (χ1v) is 11.7. The van der Waals surface area contributed by atoms with E-state index in [-0.39, 0.29) is 0 Å². The monoisotopic (exact) mass is 282 g/mol. The maximum atomic E-state index is 5.95. The van der Waals surface area contributed by atoms with Gasteiger partial charge in [0.1, 0.15) is 0 Å². The molecule has 0 unspecified atom stereocenters. The molecular formula is C6H10Cl2Te. The molecule has 0 aliphatic heterocycles. The molecule has 0 saturated carbocycles. The number of halogens is 2. The first-order chi connectivity index (χ1) is 4.12. The Morgan fingerprint density at radius 1 is 1.11 bits per heavy atom. The van der Waals surface area contributed by atoms with Gasteiger partial charge >= 0.3 is 68.1 Å². The third kappa shape index (κ3) is 5.30. The summed E-state index contributed by atoms with van der Waals surface area (Å²) in [7, 11) is 11.9. The SMILES string of the molecule is C=CC[Te](Cl)(Cl)CC=C. The number of hydrogen-bond donors (Lipinski definition) is 0. The Balaban J connectivity index is 3.68. The maximum absolute atomic E-state index is 5.95. The van der Waals surface area contributed by atoms with Gasteiger partial charge in [0, 0.05) is 0 Å². The van der Waals surface area contributed by atoms with Crippen LogP contribution in [0.1, 0.15) is 0 Å². The van der Waals surface area contributed by atoms with Gasteiger partial charge in [0.25, 0.3) is 0 Å². The van der Waals surface area contributed by atoms with Gasteiger partial charge in [0.15, 0.2) is 0 Å². The predicted molar refractivity (Wildman–Crippen MR) is 47.5 cm³/mol. The summed E-state index contributed by atoms with van der Waals surface area (Å²) in [5.74, 6) is 0. The standard InChI is InChI=1S/C6H10Cl2Te/c1-3-5-9(7,8)6-4-2/h3-4H,1-2,5-6H2. The molecule has 9 heavy (non-hydrogen) atoms. The van der Waals surface area contributed by atoms with Gasteiger partial charge in [-0.25, -0.2) is 0 Å². The molecule has 0 amide bonds. The fraction of sp³-hybridized carbons (Fsp3) is 0.333. The number of allylic oxidation sites excluding steroid dienone is 2. The summed E-state index contributed by atoms with van der Waals surface area (Å²) in [5, 5.41) is 0. The zero-order chi connectivity index (χ0) is 7.33. The van der Waals surface area contributed by atoms with Crippen LogP contribution in [0.3, 0.4) is 0 Å². The van der Waals surface area contributed by atoms with Crippen LogP contribution >= 0.6 is 17.9 Å². The molecule has 0 fully saturated rings. The van der Waals surface area contributed by atoms with Crippen LogP contribution in [0, 0.1) is 0 Å². The number of rotatable bonds is 4. The summed E-state index contributed by atoms with van der Waals surface area (Å²) >= 11 is -2.47. The van der Waals surface area contributed by atoms with Crippen molar-refractivity contribution < 1.29 is 0 Å². The molecule has 3 heteroatoms. The third-order valence-electron chi connectivity index (χ3n) is 0.723. The van der Waals surface area contributed by atoms with Crippen LogP contribution in [0.15, 0.2) is 25.3 Å². The fourth-order valence-corrected chi connectivity index (χ4v) is 5.16. The predicted octanol–water partition coefficient (Wildman–Crippen LogP) is 3.28. The van der Waals surface area contributed by atoms with Gasteiger partial charge in [-0.05, 0) is 0 Å². The Bertz CT molecular complexity index is 97.6. The summed E-state index contributed by atoms with van der Waals surface area (Å²) in [6.07, 6.45) is 3.56. The molecular weight excluding hydrogens is 271 g/mol. The zero-order valence-electron chi connectivity index (χ0n) is 5.15. The molecule has 0 bridgehead atoms. The van der Waals surface area contributed by atoms with Crippen molar-refractivity contribution in [3.8, 4) is 0 Å². The summed E-state index contributed by atoms with van der Waals surface area (Å²) in [4.78, 5) is 0. The van der Waals surface area contributed by atoms with Gasteiger partial charge < -0.3 is 0 Å². The van der Waals surface area contributed by atoms with Crippen molar-refractivity contribution in [1.29, 1.82) is 0 Å². The Morgan fingerprint density at radius 3 is 1.67 bits per heavy atom. The summed E-state index contributed by atoms with van der Waals surface area (Å²) in [6.45, 7) is 7.14. The van der Waals surface area contributed by atoms with Gasteiger partial charge in [-0.15, -0.1) is 0 Å². The fourth-order valence-electron chi connectivity index (χ4n) is 0.413. The van der Waals surface area contributed by atoms with Crippen LogP contribution in [0.25, 0.3) is 0 Å². The van der Waals surface area contributed by atoms with Crippen LogP contribution in [0.4, 0.5) is 0 Å². The van der Waals surface area contributed by atoms with Gasteiger partial charge in [0.05, 0.1) is 0 Å². The van der Waals surface area contributed by atoms with Gasteiger partial charge in [-0.3, -0.25) is 0 Å². The Hall–Kier alpha value is 0.850. The summed E-state index contributed by atoms with van der Waals surface area (Å²) in [5.41, 5.74) is 0. The van der Waals surface area contributed by atoms with E-state index in [2.05, 4.69) is 13.2 Å². The second-order valence-corrected chi connectivity index (χ2v) is 16.5. The average Bonchev–Trinajstić information content (AvgIpc) is 1.64. The molecule has 54 valence electrons. The van der Waals surface area contributed by atoms with E-state index in [4.69, 9.17) is 17.9 Å². The van der Waals surface area contributed by atoms with Gasteiger partial charge in [-0.1, -0.05) is 0 Å². The molecule has 0 nitrogen and oxygen atoms in total. The van der Waals surface area contributed by atoms with Crippen LogP contribution < -0.4 is 0 Å². The van der Waals surface area contributed by atoms with Crippen LogP contribution in [0.5, 0.6) is 0 Å². The van der Waals surface area contributed by atoms with E-state index in [1.54, 1.807) is 12.2 Å². The van der Waals surface area contributed by atoms with E-state index in [1.165, 1.54) is 0 Å². The first kappa shape index (κ1) is 9.85. The van der Waals surface area contributed by atoms with Crippen molar-refractivity contribution in [2.24, 2.45) is 0 Å². The second kappa shape index (κ2) is 4.63. The molecule has 0 saturated heterocycles. The molecule has 0 atom stereocenters. The summed E-state index contributed by atoms with van der Waals surface area (Å²) < 4.78 is 1.58. The van der Waals surface area contributed by atoms with E-state index < -0.39 is 15.9 Å². The van der Waals surface area contributed by atoms with Crippen molar-refractivity contribution >= 4 is 33.9 Å². The van der Waals surface area contributed by atoms with Crippen molar-refractivity contribution in [2.75, 3.05) is 0 Å². The van der Waals surface area contributed by atoms with Crippen LogP contribution in [-0.2, 0) is 0 Å². The van der Waals surface area contributed by atoms with E-state index >= 15 is 0 Å². The summed E-state index contributed by atoms with van der Waals surface area (Å²) in [6, 6.07) is 0. The normalized spacial score (nSPS) is 12.7. The van der Waals surface area contributed by atoms with E-state index in [1.807, 2.05) is 0 Å². The molecule has 0 aromatic rings. The Morgan fingerprint density at radius 2 is 1.44 bits per heavy atom. The van der Waals surface area contributed by atoms with Gasteiger partial charge in [-0.2, -0.15) is 0 Å². The minimum atomic E-state index is -2.47. The molecule has 0 aliphatic carbocycles. The Kier molecular flexibility index (Phi) is 5.07. The van der Waals surface area contributed by atoms with E-state index in [0.717, 1.165) is 8.94 Å². The molecule has 0 aromatic heterocycles. The van der Waals surface area contributed by atoms with E-state index in [0.29, 0.717) is 0 Å². The molecule has 0 aliphatic rings. The Labute approximate surface area is 67.8 Å². The van der Waals surface area contributed by atoms with Crippen LogP contribution in [0.2, 0.25) is 8.94 Å². The molecule has 0 N–H and O–H groups in total. The molecule has 0 heterocycles. The van der Waals surface area contributed by atoms with Crippen molar-refractivity contribution in [2.45, 2.75) is 8.94 Å². The molecule has 0 radical (unpaired) electrons. The second-order valence-electron chi connectivity index (χ2n) is 1.61. The van der Waals surface area contributed by atoms with Crippen molar-refractivity contribution in [3.63, 3.8) is 0 Å². The van der Waals surface area contributed by atoms with Crippen molar-refractivity contribution in [3.05, 3.63) is 25.3 Å². The van der Waals surface area contributed by atoms with Gasteiger partial charge in [0.2, 0.25) is 0 Å². The average molecular weight is 281 g/mol. The minimum absolute atomic E-state index is 0.789. The molecule has 0 rings (SSSR count). The topological polar surface area (TPSA) is 0 Å². The van der Waals surface area contributed by atoms with Crippen molar-refractivity contribution in [1.82, 2.24) is 0 Å². The first-order valence-electron chi connectivity index (χ1n) is 2.52. The number of hydrogen-bond acceptors (Lipinski definition) is 0. The molecule has 0 aromatic carbocycles. The third-order valence-corrected chi connectivity index (χ3v) is 8.23. The van der Waals surface area contributed by atoms with Crippen LogP contribution in [-0.4, -0.2) is 15.9 Å². The zero-order valence-corrected chi connectivity index (χ0v) is 8.99. The molecule has 0 spiro atoms. The van der Waals surface area contributed by atoms with E-state index in [9.17, 15) is 0 Å².